The molecule has 1 N–H and O–H groups in total. The number of hydrogen-bond donors (Lipinski definition) is 1. The Morgan fingerprint density at radius 2 is 1.61 bits per heavy atom. The van der Waals surface area contributed by atoms with E-state index in [-0.39, 0.29) is 5.54 Å². The zero-order valence-electron chi connectivity index (χ0n) is 14.1. The van der Waals surface area contributed by atoms with Gasteiger partial charge in [-0.2, -0.15) is 0 Å². The van der Waals surface area contributed by atoms with Crippen LogP contribution in [0.2, 0.25) is 0 Å². The summed E-state index contributed by atoms with van der Waals surface area (Å²) in [5, 5.41) is 3.77. The van der Waals surface area contributed by atoms with Gasteiger partial charge in [-0.1, -0.05) is 34.6 Å². The van der Waals surface area contributed by atoms with Crippen molar-refractivity contribution in [2.24, 2.45) is 5.41 Å². The number of likely N-dealkylation sites (N-methyl/N-ethyl adjacent to an activating group) is 1. The van der Waals surface area contributed by atoms with Gasteiger partial charge in [-0.05, 0) is 58.7 Å². The Hall–Kier alpha value is -0.0800. The second-order valence-corrected chi connectivity index (χ2v) is 7.21. The molecule has 110 valence electrons. The van der Waals surface area contributed by atoms with Crippen molar-refractivity contribution in [1.82, 2.24) is 10.2 Å². The van der Waals surface area contributed by atoms with Crippen LogP contribution in [0.3, 0.4) is 0 Å². The maximum absolute atomic E-state index is 3.77. The molecule has 0 spiro atoms. The molecule has 0 radical (unpaired) electrons. The van der Waals surface area contributed by atoms with Crippen LogP contribution in [0.4, 0.5) is 0 Å². The van der Waals surface area contributed by atoms with E-state index in [2.05, 4.69) is 65.9 Å². The molecule has 18 heavy (non-hydrogen) atoms. The van der Waals surface area contributed by atoms with E-state index in [9.17, 15) is 0 Å². The molecule has 0 fully saturated rings. The summed E-state index contributed by atoms with van der Waals surface area (Å²) >= 11 is 0. The van der Waals surface area contributed by atoms with Crippen LogP contribution in [-0.2, 0) is 0 Å². The molecule has 2 nitrogen and oxygen atoms in total. The standard InChI is InChI=1S/C16H36N2/c1-9-13-17-14(11-12-15(3,4)5)16(6,10-2)18(7)8/h14,17H,9-13H2,1-8H3. The van der Waals surface area contributed by atoms with Crippen molar-refractivity contribution in [3.63, 3.8) is 0 Å². The van der Waals surface area contributed by atoms with Crippen LogP contribution in [0.5, 0.6) is 0 Å². The molecule has 2 unspecified atom stereocenters. The van der Waals surface area contributed by atoms with Crippen LogP contribution < -0.4 is 5.32 Å². The lowest BCUT2D eigenvalue weighted by molar-refractivity contribution is 0.101. The molecule has 2 atom stereocenters. The van der Waals surface area contributed by atoms with Crippen LogP contribution in [-0.4, -0.2) is 37.1 Å². The number of hydrogen-bond acceptors (Lipinski definition) is 2. The molecule has 0 saturated heterocycles. The van der Waals surface area contributed by atoms with Gasteiger partial charge in [0.15, 0.2) is 0 Å². The minimum Gasteiger partial charge on any atom is -0.312 e. The van der Waals surface area contributed by atoms with Crippen molar-refractivity contribution in [2.45, 2.75) is 78.8 Å². The fourth-order valence-electron chi connectivity index (χ4n) is 2.40. The van der Waals surface area contributed by atoms with E-state index in [1.165, 1.54) is 25.7 Å². The van der Waals surface area contributed by atoms with E-state index in [0.29, 0.717) is 11.5 Å². The lowest BCUT2D eigenvalue weighted by atomic mass is 9.80. The zero-order chi connectivity index (χ0) is 14.4. The highest BCUT2D eigenvalue weighted by molar-refractivity contribution is 4.94. The van der Waals surface area contributed by atoms with Crippen molar-refractivity contribution in [2.75, 3.05) is 20.6 Å². The molecular formula is C16H36N2. The first-order chi connectivity index (χ1) is 8.17. The Bertz CT molecular complexity index is 218. The molecule has 0 amide bonds. The van der Waals surface area contributed by atoms with Gasteiger partial charge in [0, 0.05) is 11.6 Å². The van der Waals surface area contributed by atoms with Crippen LogP contribution in [0, 0.1) is 5.41 Å². The number of nitrogens with one attached hydrogen (secondary N) is 1. The van der Waals surface area contributed by atoms with Crippen molar-refractivity contribution in [3.05, 3.63) is 0 Å². The molecule has 0 bridgehead atoms. The van der Waals surface area contributed by atoms with E-state index in [4.69, 9.17) is 0 Å². The molecule has 0 heterocycles. The molecule has 0 aromatic heterocycles. The van der Waals surface area contributed by atoms with Crippen LogP contribution in [0.15, 0.2) is 0 Å². The van der Waals surface area contributed by atoms with E-state index < -0.39 is 0 Å². The smallest absolute Gasteiger partial charge is 0.0325 e. The summed E-state index contributed by atoms with van der Waals surface area (Å²) in [7, 11) is 4.42. The summed E-state index contributed by atoms with van der Waals surface area (Å²) in [6.07, 6.45) is 4.93. The van der Waals surface area contributed by atoms with Gasteiger partial charge in [-0.3, -0.25) is 0 Å². The van der Waals surface area contributed by atoms with Crippen LogP contribution in [0.1, 0.15) is 67.2 Å². The average molecular weight is 256 g/mol. The molecule has 0 aromatic rings. The van der Waals surface area contributed by atoms with E-state index in [0.717, 1.165) is 6.54 Å². The minimum absolute atomic E-state index is 0.250. The number of nitrogens with zero attached hydrogens (tertiary/aromatic N) is 1. The van der Waals surface area contributed by atoms with Gasteiger partial charge in [0.25, 0.3) is 0 Å². The normalized spacial score (nSPS) is 17.8. The third-order valence-corrected chi connectivity index (χ3v) is 4.31. The van der Waals surface area contributed by atoms with Gasteiger partial charge in [0.1, 0.15) is 0 Å². The van der Waals surface area contributed by atoms with Gasteiger partial charge >= 0.3 is 0 Å². The highest BCUT2D eigenvalue weighted by atomic mass is 15.2. The van der Waals surface area contributed by atoms with Crippen molar-refractivity contribution >= 4 is 0 Å². The van der Waals surface area contributed by atoms with Gasteiger partial charge < -0.3 is 10.2 Å². The third kappa shape index (κ3) is 5.71. The predicted octanol–water partition coefficient (Wildman–Crippen LogP) is 3.91. The minimum atomic E-state index is 0.250. The Labute approximate surface area is 116 Å². The van der Waals surface area contributed by atoms with Crippen LogP contribution >= 0.6 is 0 Å². The first-order valence-electron chi connectivity index (χ1n) is 7.58. The predicted molar refractivity (Wildman–Crippen MR) is 83.2 cm³/mol. The summed E-state index contributed by atoms with van der Waals surface area (Å²) in [6.45, 7) is 15.1. The molecule has 0 aliphatic rings. The number of rotatable bonds is 8. The second-order valence-electron chi connectivity index (χ2n) is 7.21. The topological polar surface area (TPSA) is 15.3 Å². The average Bonchev–Trinajstić information content (AvgIpc) is 2.26. The quantitative estimate of drug-likeness (QED) is 0.708. The van der Waals surface area contributed by atoms with Gasteiger partial charge in [0.05, 0.1) is 0 Å². The van der Waals surface area contributed by atoms with Gasteiger partial charge in [-0.25, -0.2) is 0 Å². The Morgan fingerprint density at radius 1 is 1.06 bits per heavy atom. The fourth-order valence-corrected chi connectivity index (χ4v) is 2.40. The summed E-state index contributed by atoms with van der Waals surface area (Å²) in [6, 6.07) is 0.580. The molecular weight excluding hydrogens is 220 g/mol. The summed E-state index contributed by atoms with van der Waals surface area (Å²) < 4.78 is 0. The SMILES string of the molecule is CCCNC(CCC(C)(C)C)C(C)(CC)N(C)C. The Morgan fingerprint density at radius 3 is 1.94 bits per heavy atom. The summed E-state index contributed by atoms with van der Waals surface area (Å²) in [5.41, 5.74) is 0.674. The summed E-state index contributed by atoms with van der Waals surface area (Å²) in [5.74, 6) is 0. The molecule has 2 heteroatoms. The van der Waals surface area contributed by atoms with E-state index in [1.807, 2.05) is 0 Å². The molecule has 0 saturated carbocycles. The lowest BCUT2D eigenvalue weighted by Gasteiger charge is -2.44. The largest absolute Gasteiger partial charge is 0.312 e. The van der Waals surface area contributed by atoms with E-state index >= 15 is 0 Å². The van der Waals surface area contributed by atoms with Gasteiger partial charge in [0.2, 0.25) is 0 Å². The maximum atomic E-state index is 3.77. The first kappa shape index (κ1) is 17.9. The van der Waals surface area contributed by atoms with Crippen molar-refractivity contribution in [3.8, 4) is 0 Å². The molecule has 0 aliphatic heterocycles. The summed E-state index contributed by atoms with van der Waals surface area (Å²) in [4.78, 5) is 2.39. The highest BCUT2D eigenvalue weighted by Gasteiger charge is 2.34. The van der Waals surface area contributed by atoms with Crippen molar-refractivity contribution in [1.29, 1.82) is 0 Å². The van der Waals surface area contributed by atoms with E-state index in [1.54, 1.807) is 0 Å². The lowest BCUT2D eigenvalue weighted by Crippen LogP contribution is -2.57. The second kappa shape index (κ2) is 7.49. The Kier molecular flexibility index (Phi) is 7.46. The third-order valence-electron chi connectivity index (χ3n) is 4.31. The zero-order valence-corrected chi connectivity index (χ0v) is 14.1. The maximum Gasteiger partial charge on any atom is 0.0325 e. The Balaban J connectivity index is 4.74. The van der Waals surface area contributed by atoms with Crippen LogP contribution in [0.25, 0.3) is 0 Å². The molecule has 0 rings (SSSR count). The van der Waals surface area contributed by atoms with Gasteiger partial charge in [-0.15, -0.1) is 0 Å². The van der Waals surface area contributed by atoms with Crippen molar-refractivity contribution < 1.29 is 0 Å². The molecule has 0 aliphatic carbocycles. The highest BCUT2D eigenvalue weighted by Crippen LogP contribution is 2.29. The monoisotopic (exact) mass is 256 g/mol. The first-order valence-corrected chi connectivity index (χ1v) is 7.58. The fraction of sp³-hybridized carbons (Fsp3) is 1.00. The molecule has 0 aromatic carbocycles.